The summed E-state index contributed by atoms with van der Waals surface area (Å²) in [5, 5.41) is 14.5. The SMILES string of the molecule is NC(=NO)c1ncccc1CNc1ccc(F)c(F)c1. The fraction of sp³-hybridized carbons (Fsp3) is 0.0769. The number of pyridine rings is 1. The molecule has 0 radical (unpaired) electrons. The first kappa shape index (κ1) is 13.7. The molecule has 0 aliphatic rings. The largest absolute Gasteiger partial charge is 0.409 e. The molecule has 1 heterocycles. The molecule has 20 heavy (non-hydrogen) atoms. The number of benzene rings is 1. The van der Waals surface area contributed by atoms with E-state index in [0.717, 1.165) is 12.1 Å². The van der Waals surface area contributed by atoms with Crippen LogP contribution in [0.2, 0.25) is 0 Å². The molecule has 0 amide bonds. The predicted molar refractivity (Wildman–Crippen MR) is 70.4 cm³/mol. The van der Waals surface area contributed by atoms with Gasteiger partial charge in [0.1, 0.15) is 5.69 Å². The minimum Gasteiger partial charge on any atom is -0.409 e. The zero-order valence-corrected chi connectivity index (χ0v) is 10.3. The number of hydrogen-bond donors (Lipinski definition) is 3. The Morgan fingerprint density at radius 2 is 2.10 bits per heavy atom. The van der Waals surface area contributed by atoms with Crippen molar-refractivity contribution in [3.05, 3.63) is 59.4 Å². The van der Waals surface area contributed by atoms with E-state index in [-0.39, 0.29) is 12.4 Å². The molecule has 0 fully saturated rings. The van der Waals surface area contributed by atoms with Gasteiger partial charge in [0.05, 0.1) is 0 Å². The molecule has 0 bridgehead atoms. The van der Waals surface area contributed by atoms with Crippen LogP contribution in [0, 0.1) is 11.6 Å². The number of hydrogen-bond acceptors (Lipinski definition) is 4. The number of halogens is 2. The van der Waals surface area contributed by atoms with Crippen molar-refractivity contribution >= 4 is 11.5 Å². The van der Waals surface area contributed by atoms with Crippen LogP contribution in [-0.4, -0.2) is 16.0 Å². The van der Waals surface area contributed by atoms with E-state index in [4.69, 9.17) is 10.9 Å². The highest BCUT2D eigenvalue weighted by Gasteiger charge is 2.08. The summed E-state index contributed by atoms with van der Waals surface area (Å²) in [6, 6.07) is 6.92. The first-order valence-corrected chi connectivity index (χ1v) is 5.72. The monoisotopic (exact) mass is 278 g/mol. The highest BCUT2D eigenvalue weighted by atomic mass is 19.2. The van der Waals surface area contributed by atoms with Gasteiger partial charge in [0.15, 0.2) is 17.5 Å². The molecule has 1 aromatic carbocycles. The van der Waals surface area contributed by atoms with Crippen LogP contribution < -0.4 is 11.1 Å². The molecule has 2 aromatic rings. The fourth-order valence-corrected chi connectivity index (χ4v) is 1.66. The van der Waals surface area contributed by atoms with Crippen LogP contribution >= 0.6 is 0 Å². The molecule has 0 saturated carbocycles. The van der Waals surface area contributed by atoms with Crippen LogP contribution in [0.25, 0.3) is 0 Å². The summed E-state index contributed by atoms with van der Waals surface area (Å²) < 4.78 is 25.9. The molecule has 5 nitrogen and oxygen atoms in total. The summed E-state index contributed by atoms with van der Waals surface area (Å²) in [5.74, 6) is -1.96. The maximum absolute atomic E-state index is 13.1. The minimum atomic E-state index is -0.933. The fourth-order valence-electron chi connectivity index (χ4n) is 1.66. The third kappa shape index (κ3) is 3.00. The molecule has 104 valence electrons. The Kier molecular flexibility index (Phi) is 4.09. The quantitative estimate of drug-likeness (QED) is 0.346. The Morgan fingerprint density at radius 1 is 1.30 bits per heavy atom. The molecule has 1 aromatic heterocycles. The zero-order chi connectivity index (χ0) is 14.5. The molecular weight excluding hydrogens is 266 g/mol. The molecule has 0 unspecified atom stereocenters. The van der Waals surface area contributed by atoms with E-state index < -0.39 is 11.6 Å². The molecular formula is C13H12F2N4O. The van der Waals surface area contributed by atoms with Crippen molar-refractivity contribution in [3.8, 4) is 0 Å². The van der Waals surface area contributed by atoms with Crippen LogP contribution in [0.4, 0.5) is 14.5 Å². The van der Waals surface area contributed by atoms with Crippen LogP contribution in [0.5, 0.6) is 0 Å². The minimum absolute atomic E-state index is 0.118. The summed E-state index contributed by atoms with van der Waals surface area (Å²) in [7, 11) is 0. The molecule has 7 heteroatoms. The summed E-state index contributed by atoms with van der Waals surface area (Å²) in [6.45, 7) is 0.268. The Bertz CT molecular complexity index is 646. The lowest BCUT2D eigenvalue weighted by Crippen LogP contribution is -2.18. The van der Waals surface area contributed by atoms with Gasteiger partial charge in [-0.3, -0.25) is 4.98 Å². The van der Waals surface area contributed by atoms with Crippen molar-refractivity contribution in [3.63, 3.8) is 0 Å². The molecule has 0 saturated heterocycles. The number of amidine groups is 1. The van der Waals surface area contributed by atoms with Gasteiger partial charge in [-0.15, -0.1) is 0 Å². The summed E-state index contributed by atoms with van der Waals surface area (Å²) in [4.78, 5) is 4.00. The average Bonchev–Trinajstić information content (AvgIpc) is 2.48. The number of oxime groups is 1. The van der Waals surface area contributed by atoms with E-state index in [9.17, 15) is 8.78 Å². The first-order valence-electron chi connectivity index (χ1n) is 5.72. The van der Waals surface area contributed by atoms with E-state index in [1.54, 1.807) is 12.1 Å². The number of nitrogens with zero attached hydrogens (tertiary/aromatic N) is 2. The molecule has 0 aliphatic heterocycles. The predicted octanol–water partition coefficient (Wildman–Crippen LogP) is 2.07. The van der Waals surface area contributed by atoms with E-state index in [1.807, 2.05) is 0 Å². The third-order valence-corrected chi connectivity index (χ3v) is 2.64. The normalized spacial score (nSPS) is 11.4. The number of nitrogens with one attached hydrogen (secondary N) is 1. The first-order chi connectivity index (χ1) is 9.61. The van der Waals surface area contributed by atoms with Crippen molar-refractivity contribution in [1.82, 2.24) is 4.98 Å². The smallest absolute Gasteiger partial charge is 0.189 e. The van der Waals surface area contributed by atoms with Crippen molar-refractivity contribution in [2.24, 2.45) is 10.9 Å². The van der Waals surface area contributed by atoms with Gasteiger partial charge in [-0.1, -0.05) is 11.2 Å². The third-order valence-electron chi connectivity index (χ3n) is 2.64. The number of aromatic nitrogens is 1. The molecule has 4 N–H and O–H groups in total. The topological polar surface area (TPSA) is 83.5 Å². The summed E-state index contributed by atoms with van der Waals surface area (Å²) >= 11 is 0. The maximum atomic E-state index is 13.1. The Labute approximate surface area is 113 Å². The maximum Gasteiger partial charge on any atom is 0.189 e. The van der Waals surface area contributed by atoms with Crippen LogP contribution in [-0.2, 0) is 6.54 Å². The van der Waals surface area contributed by atoms with Gasteiger partial charge in [0.25, 0.3) is 0 Å². The average molecular weight is 278 g/mol. The highest BCUT2D eigenvalue weighted by molar-refractivity contribution is 5.96. The Balaban J connectivity index is 2.17. The van der Waals surface area contributed by atoms with Gasteiger partial charge in [-0.2, -0.15) is 0 Å². The van der Waals surface area contributed by atoms with Gasteiger partial charge in [0, 0.05) is 30.1 Å². The van der Waals surface area contributed by atoms with Gasteiger partial charge >= 0.3 is 0 Å². The van der Waals surface area contributed by atoms with Crippen LogP contribution in [0.15, 0.2) is 41.7 Å². The van der Waals surface area contributed by atoms with Crippen LogP contribution in [0.3, 0.4) is 0 Å². The van der Waals surface area contributed by atoms with Gasteiger partial charge in [-0.25, -0.2) is 8.78 Å². The van der Waals surface area contributed by atoms with Crippen molar-refractivity contribution in [2.45, 2.75) is 6.54 Å². The van der Waals surface area contributed by atoms with E-state index in [2.05, 4.69) is 15.5 Å². The number of anilines is 1. The zero-order valence-electron chi connectivity index (χ0n) is 10.3. The lowest BCUT2D eigenvalue weighted by molar-refractivity contribution is 0.318. The summed E-state index contributed by atoms with van der Waals surface area (Å²) in [6.07, 6.45) is 1.51. The molecule has 0 atom stereocenters. The van der Waals surface area contributed by atoms with E-state index in [1.165, 1.54) is 12.3 Å². The summed E-state index contributed by atoms with van der Waals surface area (Å²) in [5.41, 5.74) is 6.91. The second-order valence-electron chi connectivity index (χ2n) is 3.98. The second kappa shape index (κ2) is 5.96. The molecule has 0 spiro atoms. The van der Waals surface area contributed by atoms with Gasteiger partial charge in [0.2, 0.25) is 0 Å². The van der Waals surface area contributed by atoms with Crippen LogP contribution in [0.1, 0.15) is 11.3 Å². The van der Waals surface area contributed by atoms with Gasteiger partial charge < -0.3 is 16.3 Å². The standard InChI is InChI=1S/C13H12F2N4O/c14-10-4-3-9(6-11(10)15)18-7-8-2-1-5-17-12(8)13(16)19-20/h1-6,18,20H,7H2,(H2,16,19). The second-order valence-corrected chi connectivity index (χ2v) is 3.98. The number of nitrogens with two attached hydrogens (primary N) is 1. The molecule has 0 aliphatic carbocycles. The van der Waals surface area contributed by atoms with E-state index >= 15 is 0 Å². The van der Waals surface area contributed by atoms with Gasteiger partial charge in [-0.05, 0) is 18.2 Å². The molecule has 2 rings (SSSR count). The van der Waals surface area contributed by atoms with Crippen molar-refractivity contribution in [2.75, 3.05) is 5.32 Å². The van der Waals surface area contributed by atoms with Crippen molar-refractivity contribution < 1.29 is 14.0 Å². The lowest BCUT2D eigenvalue weighted by atomic mass is 10.1. The highest BCUT2D eigenvalue weighted by Crippen LogP contribution is 2.15. The lowest BCUT2D eigenvalue weighted by Gasteiger charge is -2.10. The Morgan fingerprint density at radius 3 is 2.80 bits per heavy atom. The Hall–Kier alpha value is -2.70. The van der Waals surface area contributed by atoms with Crippen molar-refractivity contribution in [1.29, 1.82) is 0 Å². The van der Waals surface area contributed by atoms with E-state index in [0.29, 0.717) is 16.9 Å². The number of rotatable bonds is 4.